The highest BCUT2D eigenvalue weighted by atomic mass is 127. The zero-order chi connectivity index (χ0) is 20.9. The first kappa shape index (κ1) is 24.7. The average Bonchev–Trinajstić information content (AvgIpc) is 3.21. The van der Waals surface area contributed by atoms with E-state index in [2.05, 4.69) is 83.5 Å². The van der Waals surface area contributed by atoms with E-state index >= 15 is 0 Å². The van der Waals surface area contributed by atoms with Crippen LogP contribution in [0.1, 0.15) is 63.8 Å². The number of halogens is 1. The molecule has 0 saturated carbocycles. The van der Waals surface area contributed by atoms with Crippen LogP contribution in [0.5, 0.6) is 0 Å². The van der Waals surface area contributed by atoms with Crippen molar-refractivity contribution in [2.45, 2.75) is 64.6 Å². The van der Waals surface area contributed by atoms with E-state index in [1.54, 1.807) is 7.05 Å². The second kappa shape index (κ2) is 11.1. The van der Waals surface area contributed by atoms with Crippen molar-refractivity contribution in [3.63, 3.8) is 0 Å². The Kier molecular flexibility index (Phi) is 9.15. The molecule has 1 unspecified atom stereocenters. The van der Waals surface area contributed by atoms with Gasteiger partial charge in [0.1, 0.15) is 5.76 Å². The van der Waals surface area contributed by atoms with Crippen LogP contribution >= 0.6 is 24.0 Å². The Hall–Kier alpha value is -1.61. The van der Waals surface area contributed by atoms with E-state index < -0.39 is 0 Å². The van der Waals surface area contributed by atoms with Gasteiger partial charge in [0.2, 0.25) is 5.89 Å². The van der Waals surface area contributed by atoms with Crippen molar-refractivity contribution in [1.29, 1.82) is 0 Å². The van der Waals surface area contributed by atoms with Crippen LogP contribution in [0, 0.1) is 0 Å². The second-order valence-electron chi connectivity index (χ2n) is 8.84. The first-order valence-electron chi connectivity index (χ1n) is 10.6. The molecule has 3 rings (SSSR count). The molecule has 6 nitrogen and oxygen atoms in total. The molecule has 30 heavy (non-hydrogen) atoms. The van der Waals surface area contributed by atoms with Crippen LogP contribution in [-0.2, 0) is 12.0 Å². The molecule has 1 aliphatic rings. The SMILES string of the molecule is CN=C(NCc1ncc(C(C)(C)C)o1)NC1CCN(C(C)c2ccccc2)CC1.I. The number of oxazole rings is 1. The molecule has 2 aromatic rings. The first-order valence-corrected chi connectivity index (χ1v) is 10.6. The summed E-state index contributed by atoms with van der Waals surface area (Å²) in [4.78, 5) is 11.3. The van der Waals surface area contributed by atoms with E-state index in [0.29, 0.717) is 24.5 Å². The molecule has 0 bridgehead atoms. The zero-order valence-corrected chi connectivity index (χ0v) is 21.1. The lowest BCUT2D eigenvalue weighted by molar-refractivity contribution is 0.158. The van der Waals surface area contributed by atoms with Crippen LogP contribution in [0.15, 0.2) is 45.9 Å². The maximum atomic E-state index is 5.85. The third-order valence-electron chi connectivity index (χ3n) is 5.62. The van der Waals surface area contributed by atoms with Crippen LogP contribution in [0.2, 0.25) is 0 Å². The number of piperidine rings is 1. The van der Waals surface area contributed by atoms with Crippen molar-refractivity contribution in [3.05, 3.63) is 53.7 Å². The van der Waals surface area contributed by atoms with Crippen molar-refractivity contribution >= 4 is 29.9 Å². The van der Waals surface area contributed by atoms with Crippen molar-refractivity contribution < 1.29 is 4.42 Å². The highest BCUT2D eigenvalue weighted by Crippen LogP contribution is 2.24. The van der Waals surface area contributed by atoms with Crippen LogP contribution in [0.25, 0.3) is 0 Å². The fourth-order valence-electron chi connectivity index (χ4n) is 3.66. The van der Waals surface area contributed by atoms with Crippen LogP contribution in [-0.4, -0.2) is 42.0 Å². The predicted octanol–water partition coefficient (Wildman–Crippen LogP) is 4.48. The summed E-state index contributed by atoms with van der Waals surface area (Å²) in [6.45, 7) is 11.4. The Bertz CT molecular complexity index is 791. The standard InChI is InChI=1S/C23H35N5O.HI/c1-17(18-9-7-6-8-10-18)28-13-11-19(12-14-28)27-22(24-5)26-16-21-25-15-20(29-21)23(2,3)4;/h6-10,15,17,19H,11-14,16H2,1-5H3,(H2,24,26,27);1H. The van der Waals surface area contributed by atoms with Crippen LogP contribution in [0.4, 0.5) is 0 Å². The number of nitrogens with one attached hydrogen (secondary N) is 2. The number of benzene rings is 1. The van der Waals surface area contributed by atoms with Gasteiger partial charge in [0, 0.05) is 37.6 Å². The number of guanidine groups is 1. The van der Waals surface area contributed by atoms with Crippen LogP contribution in [0.3, 0.4) is 0 Å². The average molecular weight is 525 g/mol. The molecule has 1 saturated heterocycles. The van der Waals surface area contributed by atoms with Gasteiger partial charge in [-0.3, -0.25) is 9.89 Å². The number of aromatic nitrogens is 1. The molecular weight excluding hydrogens is 489 g/mol. The normalized spacial score (nSPS) is 17.3. The molecule has 2 heterocycles. The van der Waals surface area contributed by atoms with Crippen molar-refractivity contribution in [2.75, 3.05) is 20.1 Å². The summed E-state index contributed by atoms with van der Waals surface area (Å²) in [7, 11) is 1.80. The number of likely N-dealkylation sites (tertiary alicyclic amines) is 1. The summed E-state index contributed by atoms with van der Waals surface area (Å²) in [6.07, 6.45) is 4.02. The topological polar surface area (TPSA) is 65.7 Å². The third kappa shape index (κ3) is 6.70. The molecule has 2 N–H and O–H groups in total. The van der Waals surface area contributed by atoms with Crippen molar-refractivity contribution in [3.8, 4) is 0 Å². The van der Waals surface area contributed by atoms with Gasteiger partial charge in [-0.1, -0.05) is 51.1 Å². The van der Waals surface area contributed by atoms with Gasteiger partial charge in [0.15, 0.2) is 5.96 Å². The van der Waals surface area contributed by atoms with E-state index in [1.165, 1.54) is 5.56 Å². The summed E-state index contributed by atoms with van der Waals surface area (Å²) in [5, 5.41) is 6.88. The molecule has 0 radical (unpaired) electrons. The largest absolute Gasteiger partial charge is 0.443 e. The number of hydrogen-bond acceptors (Lipinski definition) is 4. The molecule has 1 aromatic carbocycles. The van der Waals surface area contributed by atoms with Crippen molar-refractivity contribution in [1.82, 2.24) is 20.5 Å². The van der Waals surface area contributed by atoms with E-state index in [1.807, 2.05) is 6.20 Å². The maximum Gasteiger partial charge on any atom is 0.213 e. The number of hydrogen-bond donors (Lipinski definition) is 2. The second-order valence-corrected chi connectivity index (χ2v) is 8.84. The predicted molar refractivity (Wildman–Crippen MR) is 133 cm³/mol. The van der Waals surface area contributed by atoms with Gasteiger partial charge in [-0.25, -0.2) is 4.98 Å². The monoisotopic (exact) mass is 525 g/mol. The summed E-state index contributed by atoms with van der Waals surface area (Å²) in [5.41, 5.74) is 1.35. The van der Waals surface area contributed by atoms with E-state index in [-0.39, 0.29) is 29.4 Å². The lowest BCUT2D eigenvalue weighted by Gasteiger charge is -2.36. The highest BCUT2D eigenvalue weighted by molar-refractivity contribution is 14.0. The molecule has 0 amide bonds. The molecule has 1 aliphatic heterocycles. The lowest BCUT2D eigenvalue weighted by Crippen LogP contribution is -2.48. The van der Waals surface area contributed by atoms with Gasteiger partial charge in [-0.05, 0) is 25.3 Å². The van der Waals surface area contributed by atoms with Crippen LogP contribution < -0.4 is 10.6 Å². The van der Waals surface area contributed by atoms with Gasteiger partial charge in [-0.2, -0.15) is 0 Å². The minimum absolute atomic E-state index is 0. The molecule has 1 aromatic heterocycles. The fraction of sp³-hybridized carbons (Fsp3) is 0.565. The van der Waals surface area contributed by atoms with Gasteiger partial charge >= 0.3 is 0 Å². The number of rotatable bonds is 5. The minimum Gasteiger partial charge on any atom is -0.443 e. The third-order valence-corrected chi connectivity index (χ3v) is 5.62. The lowest BCUT2D eigenvalue weighted by atomic mass is 9.94. The highest BCUT2D eigenvalue weighted by Gasteiger charge is 2.24. The van der Waals surface area contributed by atoms with E-state index in [9.17, 15) is 0 Å². The Morgan fingerprint density at radius 1 is 1.23 bits per heavy atom. The molecule has 0 spiro atoms. The van der Waals surface area contributed by atoms with E-state index in [4.69, 9.17) is 4.42 Å². The molecule has 1 atom stereocenters. The summed E-state index contributed by atoms with van der Waals surface area (Å²) in [5.74, 6) is 2.39. The summed E-state index contributed by atoms with van der Waals surface area (Å²) in [6, 6.07) is 11.6. The Morgan fingerprint density at radius 2 is 1.90 bits per heavy atom. The van der Waals surface area contributed by atoms with E-state index in [0.717, 1.165) is 37.7 Å². The van der Waals surface area contributed by atoms with Gasteiger partial charge in [-0.15, -0.1) is 24.0 Å². The molecule has 1 fully saturated rings. The summed E-state index contributed by atoms with van der Waals surface area (Å²) < 4.78 is 5.85. The quantitative estimate of drug-likeness (QED) is 0.343. The summed E-state index contributed by atoms with van der Waals surface area (Å²) >= 11 is 0. The number of nitrogens with zero attached hydrogens (tertiary/aromatic N) is 3. The molecule has 0 aliphatic carbocycles. The molecule has 166 valence electrons. The van der Waals surface area contributed by atoms with Gasteiger partial charge in [0.05, 0.1) is 12.7 Å². The Morgan fingerprint density at radius 3 is 2.47 bits per heavy atom. The maximum absolute atomic E-state index is 5.85. The van der Waals surface area contributed by atoms with Gasteiger partial charge < -0.3 is 15.1 Å². The zero-order valence-electron chi connectivity index (χ0n) is 18.8. The first-order chi connectivity index (χ1) is 13.9. The molecular formula is C23H36IN5O. The fourth-order valence-corrected chi connectivity index (χ4v) is 3.66. The Balaban J connectivity index is 0.00000320. The minimum atomic E-state index is -0.0317. The van der Waals surface area contributed by atoms with Crippen molar-refractivity contribution in [2.24, 2.45) is 4.99 Å². The number of aliphatic imine (C=N–C) groups is 1. The molecule has 7 heteroatoms. The van der Waals surface area contributed by atoms with Gasteiger partial charge in [0.25, 0.3) is 0 Å². The Labute approximate surface area is 198 Å². The smallest absolute Gasteiger partial charge is 0.213 e.